The summed E-state index contributed by atoms with van der Waals surface area (Å²) in [6.07, 6.45) is 0. The van der Waals surface area contributed by atoms with Gasteiger partial charge in [-0.25, -0.2) is 0 Å². The van der Waals surface area contributed by atoms with Crippen LogP contribution < -0.4 is 0 Å². The zero-order chi connectivity index (χ0) is 23.4. The van der Waals surface area contributed by atoms with Gasteiger partial charge in [-0.1, -0.05) is 84.4 Å². The zero-order valence-corrected chi connectivity index (χ0v) is 18.7. The van der Waals surface area contributed by atoms with Crippen molar-refractivity contribution in [1.29, 1.82) is 0 Å². The van der Waals surface area contributed by atoms with Crippen molar-refractivity contribution in [2.24, 2.45) is 0 Å². The van der Waals surface area contributed by atoms with Crippen LogP contribution in [0.1, 0.15) is 11.1 Å². The molecular weight excluding hydrogens is 438 g/mol. The standard InChI is InChI=1S/C26H21NO5S/c1-19-12-15-23(16-13-19)33(30,31)32-18-22-14-17-24(20-8-4-2-5-9-20)25(26(22)27(28)29)21-10-6-3-7-11-21/h2-17H,18H2,1H3. The lowest BCUT2D eigenvalue weighted by Crippen LogP contribution is -2.08. The summed E-state index contributed by atoms with van der Waals surface area (Å²) in [5.74, 6) is 0. The van der Waals surface area contributed by atoms with Crippen LogP contribution in [0.5, 0.6) is 0 Å². The maximum absolute atomic E-state index is 12.6. The summed E-state index contributed by atoms with van der Waals surface area (Å²) in [6, 6.07) is 27.9. The van der Waals surface area contributed by atoms with E-state index in [4.69, 9.17) is 4.18 Å². The third-order valence-electron chi connectivity index (χ3n) is 5.27. The van der Waals surface area contributed by atoms with E-state index in [1.807, 2.05) is 43.3 Å². The summed E-state index contributed by atoms with van der Waals surface area (Å²) < 4.78 is 30.5. The van der Waals surface area contributed by atoms with Crippen molar-refractivity contribution in [3.63, 3.8) is 0 Å². The quantitative estimate of drug-likeness (QED) is 0.188. The summed E-state index contributed by atoms with van der Waals surface area (Å²) in [7, 11) is -4.08. The first-order valence-corrected chi connectivity index (χ1v) is 11.6. The van der Waals surface area contributed by atoms with Crippen molar-refractivity contribution in [3.8, 4) is 22.3 Å². The summed E-state index contributed by atoms with van der Waals surface area (Å²) in [4.78, 5) is 11.8. The van der Waals surface area contributed by atoms with Gasteiger partial charge in [0.15, 0.2) is 0 Å². The molecule has 0 aliphatic heterocycles. The summed E-state index contributed by atoms with van der Waals surface area (Å²) in [5, 5.41) is 12.2. The molecule has 4 rings (SSSR count). The first kappa shape index (κ1) is 22.4. The number of hydrogen-bond donors (Lipinski definition) is 0. The summed E-state index contributed by atoms with van der Waals surface area (Å²) in [5.41, 5.74) is 3.48. The molecular formula is C26H21NO5S. The average Bonchev–Trinajstić information content (AvgIpc) is 2.83. The van der Waals surface area contributed by atoms with E-state index in [0.29, 0.717) is 16.7 Å². The molecule has 0 unspecified atom stereocenters. The van der Waals surface area contributed by atoms with E-state index in [9.17, 15) is 18.5 Å². The molecule has 0 aliphatic carbocycles. The Morgan fingerprint density at radius 1 is 0.788 bits per heavy atom. The highest BCUT2D eigenvalue weighted by Gasteiger charge is 2.26. The Balaban J connectivity index is 1.81. The Morgan fingerprint density at radius 3 is 1.94 bits per heavy atom. The van der Waals surface area contributed by atoms with Crippen LogP contribution in [0.25, 0.3) is 22.3 Å². The molecule has 6 nitrogen and oxygen atoms in total. The first-order chi connectivity index (χ1) is 15.9. The normalized spacial score (nSPS) is 11.3. The highest BCUT2D eigenvalue weighted by molar-refractivity contribution is 7.86. The zero-order valence-electron chi connectivity index (χ0n) is 17.8. The molecule has 0 heterocycles. The fourth-order valence-electron chi connectivity index (χ4n) is 3.63. The molecule has 33 heavy (non-hydrogen) atoms. The fraction of sp³-hybridized carbons (Fsp3) is 0.0769. The molecule has 0 saturated heterocycles. The van der Waals surface area contributed by atoms with Gasteiger partial charge in [-0.15, -0.1) is 0 Å². The van der Waals surface area contributed by atoms with E-state index in [0.717, 1.165) is 11.1 Å². The molecule has 0 amide bonds. The van der Waals surface area contributed by atoms with Crippen molar-refractivity contribution in [2.45, 2.75) is 18.4 Å². The van der Waals surface area contributed by atoms with Crippen LogP contribution in [-0.4, -0.2) is 13.3 Å². The van der Waals surface area contributed by atoms with Crippen molar-refractivity contribution in [2.75, 3.05) is 0 Å². The first-order valence-electron chi connectivity index (χ1n) is 10.2. The van der Waals surface area contributed by atoms with Crippen molar-refractivity contribution in [1.82, 2.24) is 0 Å². The Kier molecular flexibility index (Phi) is 6.35. The molecule has 0 spiro atoms. The Bertz CT molecular complexity index is 1380. The highest BCUT2D eigenvalue weighted by atomic mass is 32.2. The third kappa shape index (κ3) is 4.84. The number of nitro benzene ring substituents is 1. The molecule has 0 N–H and O–H groups in total. The van der Waals surface area contributed by atoms with Crippen LogP contribution in [0, 0.1) is 17.0 Å². The molecule has 0 saturated carbocycles. The number of nitrogens with zero attached hydrogens (tertiary/aromatic N) is 1. The third-order valence-corrected chi connectivity index (χ3v) is 6.55. The van der Waals surface area contributed by atoms with Crippen LogP contribution in [0.2, 0.25) is 0 Å². The van der Waals surface area contributed by atoms with Crippen LogP contribution >= 0.6 is 0 Å². The minimum absolute atomic E-state index is 0.0000541. The predicted molar refractivity (Wildman–Crippen MR) is 127 cm³/mol. The molecule has 4 aromatic carbocycles. The molecule has 7 heteroatoms. The van der Waals surface area contributed by atoms with Crippen LogP contribution in [0.3, 0.4) is 0 Å². The van der Waals surface area contributed by atoms with Gasteiger partial charge in [0, 0.05) is 0 Å². The van der Waals surface area contributed by atoms with Gasteiger partial charge in [0.05, 0.1) is 27.6 Å². The maximum Gasteiger partial charge on any atom is 0.297 e. The SMILES string of the molecule is Cc1ccc(S(=O)(=O)OCc2ccc(-c3ccccc3)c(-c3ccccc3)c2[N+](=O)[O-])cc1. The molecule has 0 bridgehead atoms. The summed E-state index contributed by atoms with van der Waals surface area (Å²) >= 11 is 0. The van der Waals surface area contributed by atoms with Gasteiger partial charge in [-0.05, 0) is 41.8 Å². The number of aryl methyl sites for hydroxylation is 1. The second-order valence-electron chi connectivity index (χ2n) is 7.51. The van der Waals surface area contributed by atoms with Gasteiger partial charge in [0.25, 0.3) is 15.8 Å². The molecule has 166 valence electrons. The number of rotatable bonds is 7. The smallest absolute Gasteiger partial charge is 0.261 e. The van der Waals surface area contributed by atoms with E-state index < -0.39 is 21.6 Å². The Labute approximate surface area is 192 Å². The number of benzene rings is 4. The van der Waals surface area contributed by atoms with Gasteiger partial charge >= 0.3 is 0 Å². The average molecular weight is 460 g/mol. The van der Waals surface area contributed by atoms with Crippen molar-refractivity contribution in [3.05, 3.63) is 118 Å². The molecule has 0 atom stereocenters. The lowest BCUT2D eigenvalue weighted by Gasteiger charge is -2.14. The van der Waals surface area contributed by atoms with Gasteiger partial charge in [-0.2, -0.15) is 8.42 Å². The number of hydrogen-bond acceptors (Lipinski definition) is 5. The molecule has 4 aromatic rings. The highest BCUT2D eigenvalue weighted by Crippen LogP contribution is 2.41. The van der Waals surface area contributed by atoms with E-state index in [1.165, 1.54) is 12.1 Å². The minimum atomic E-state index is -4.08. The Morgan fingerprint density at radius 2 is 1.36 bits per heavy atom. The predicted octanol–water partition coefficient (Wildman–Crippen LogP) is 6.14. The van der Waals surface area contributed by atoms with Gasteiger partial charge in [0.2, 0.25) is 0 Å². The van der Waals surface area contributed by atoms with Crippen LogP contribution in [-0.2, 0) is 20.9 Å². The minimum Gasteiger partial charge on any atom is -0.261 e. The van der Waals surface area contributed by atoms with E-state index in [1.54, 1.807) is 48.5 Å². The maximum atomic E-state index is 12.6. The van der Waals surface area contributed by atoms with Crippen LogP contribution in [0.15, 0.2) is 102 Å². The monoisotopic (exact) mass is 459 g/mol. The molecule has 0 aromatic heterocycles. The topological polar surface area (TPSA) is 86.5 Å². The molecule has 0 radical (unpaired) electrons. The molecule has 0 aliphatic rings. The number of nitro groups is 1. The van der Waals surface area contributed by atoms with Crippen molar-refractivity contribution < 1.29 is 17.5 Å². The van der Waals surface area contributed by atoms with Gasteiger partial charge in [0.1, 0.15) is 0 Å². The van der Waals surface area contributed by atoms with E-state index in [2.05, 4.69) is 0 Å². The lowest BCUT2D eigenvalue weighted by molar-refractivity contribution is -0.385. The molecule has 0 fully saturated rings. The van der Waals surface area contributed by atoms with Gasteiger partial charge < -0.3 is 0 Å². The largest absolute Gasteiger partial charge is 0.297 e. The Hall–Kier alpha value is -3.81. The fourth-order valence-corrected chi connectivity index (χ4v) is 4.52. The van der Waals surface area contributed by atoms with Gasteiger partial charge in [-0.3, -0.25) is 14.3 Å². The summed E-state index contributed by atoms with van der Waals surface area (Å²) in [6.45, 7) is 1.39. The van der Waals surface area contributed by atoms with E-state index in [-0.39, 0.29) is 16.1 Å². The second kappa shape index (κ2) is 9.36. The van der Waals surface area contributed by atoms with Crippen LogP contribution in [0.4, 0.5) is 5.69 Å². The van der Waals surface area contributed by atoms with Crippen molar-refractivity contribution >= 4 is 15.8 Å². The second-order valence-corrected chi connectivity index (χ2v) is 9.13. The van der Waals surface area contributed by atoms with E-state index >= 15 is 0 Å². The lowest BCUT2D eigenvalue weighted by atomic mass is 9.91.